The highest BCUT2D eigenvalue weighted by molar-refractivity contribution is 8.00. The third kappa shape index (κ3) is 5.30. The van der Waals surface area contributed by atoms with Gasteiger partial charge in [0.2, 0.25) is 0 Å². The van der Waals surface area contributed by atoms with Crippen LogP contribution < -0.4 is 0 Å². The van der Waals surface area contributed by atoms with Gasteiger partial charge in [-0.2, -0.15) is 0 Å². The first kappa shape index (κ1) is 20.8. The lowest BCUT2D eigenvalue weighted by molar-refractivity contribution is 0.225. The monoisotopic (exact) mass is 438 g/mol. The Bertz CT molecular complexity index is 911. The van der Waals surface area contributed by atoms with Crippen molar-refractivity contribution in [2.45, 2.75) is 29.5 Å². The minimum Gasteiger partial charge on any atom is -0.299 e. The number of piperidine rings is 1. The van der Waals surface area contributed by atoms with Gasteiger partial charge < -0.3 is 0 Å². The molecule has 1 aliphatic heterocycles. The number of fused-ring (bicyclic) bond motifs is 1. The summed E-state index contributed by atoms with van der Waals surface area (Å²) >= 11 is 14.5. The summed E-state index contributed by atoms with van der Waals surface area (Å²) in [5.41, 5.74) is 1.29. The molecule has 2 heterocycles. The number of pyridine rings is 1. The average Bonchev–Trinajstić information content (AvgIpc) is 2.64. The van der Waals surface area contributed by atoms with Crippen LogP contribution in [0.4, 0.5) is 0 Å². The summed E-state index contributed by atoms with van der Waals surface area (Å²) in [7, 11) is 0. The summed E-state index contributed by atoms with van der Waals surface area (Å²) < 4.78 is 0. The second kappa shape index (κ2) is 9.49. The highest BCUT2D eigenvalue weighted by Gasteiger charge is 2.21. The fraction of sp³-hybridized carbons (Fsp3) is 0.286. The predicted octanol–water partition coefficient (Wildman–Crippen LogP) is 6.72. The average molecular weight is 440 g/mol. The number of rotatable bonds is 4. The van der Waals surface area contributed by atoms with Crippen LogP contribution in [0.2, 0.25) is 10.0 Å². The Morgan fingerprint density at radius 3 is 2.63 bits per heavy atom. The fourth-order valence-corrected chi connectivity index (χ4v) is 5.13. The molecule has 1 aliphatic rings. The summed E-state index contributed by atoms with van der Waals surface area (Å²) in [5, 5.41) is 4.55. The number of hydrogen-bond acceptors (Lipinski definition) is 3. The van der Waals surface area contributed by atoms with E-state index in [0.717, 1.165) is 35.1 Å². The molecule has 1 saturated heterocycles. The lowest BCUT2D eigenvalue weighted by Gasteiger charge is -2.31. The Morgan fingerprint density at radius 1 is 1.04 bits per heavy atom. The molecule has 0 aliphatic carbocycles. The SMILES string of the molecule is Cl.Clc1cccc(CN2CCC(Sc3cc4ccncc4cc3Cl)CC2)c1. The molecule has 2 aromatic carbocycles. The van der Waals surface area contributed by atoms with E-state index < -0.39 is 0 Å². The number of nitrogens with zero attached hydrogens (tertiary/aromatic N) is 2. The van der Waals surface area contributed by atoms with E-state index in [1.165, 1.54) is 28.7 Å². The van der Waals surface area contributed by atoms with Crippen LogP contribution in [0, 0.1) is 0 Å². The highest BCUT2D eigenvalue weighted by Crippen LogP contribution is 2.37. The second-order valence-electron chi connectivity index (χ2n) is 6.73. The number of halogens is 3. The molecule has 6 heteroatoms. The number of hydrogen-bond donors (Lipinski definition) is 0. The zero-order valence-electron chi connectivity index (χ0n) is 14.8. The van der Waals surface area contributed by atoms with E-state index in [0.29, 0.717) is 5.25 Å². The fourth-order valence-electron chi connectivity index (χ4n) is 3.44. The molecular formula is C21H21Cl3N2S. The topological polar surface area (TPSA) is 16.1 Å². The molecule has 27 heavy (non-hydrogen) atoms. The summed E-state index contributed by atoms with van der Waals surface area (Å²) in [6.45, 7) is 3.19. The number of aromatic nitrogens is 1. The molecular weight excluding hydrogens is 419 g/mol. The van der Waals surface area contributed by atoms with Crippen LogP contribution in [0.5, 0.6) is 0 Å². The summed E-state index contributed by atoms with van der Waals surface area (Å²) in [4.78, 5) is 7.86. The van der Waals surface area contributed by atoms with Gasteiger partial charge in [0.25, 0.3) is 0 Å². The number of thioether (sulfide) groups is 1. The van der Waals surface area contributed by atoms with Crippen molar-refractivity contribution in [2.24, 2.45) is 0 Å². The Labute approximate surface area is 180 Å². The van der Waals surface area contributed by atoms with E-state index in [9.17, 15) is 0 Å². The highest BCUT2D eigenvalue weighted by atomic mass is 35.5. The maximum absolute atomic E-state index is 6.50. The van der Waals surface area contributed by atoms with Gasteiger partial charge in [-0.1, -0.05) is 35.3 Å². The zero-order chi connectivity index (χ0) is 17.9. The van der Waals surface area contributed by atoms with Crippen LogP contribution in [-0.2, 0) is 6.54 Å². The standard InChI is InChI=1S/C21H20Cl2N2S.ClH/c22-18-3-1-2-15(10-18)14-25-8-5-19(6-9-25)26-21-12-16-4-7-24-13-17(16)11-20(21)23;/h1-4,7,10-13,19H,5-6,8-9,14H2;1H. The normalized spacial score (nSPS) is 15.6. The van der Waals surface area contributed by atoms with Crippen molar-refractivity contribution in [2.75, 3.05) is 13.1 Å². The number of likely N-dealkylation sites (tertiary alicyclic amines) is 1. The third-order valence-corrected chi connectivity index (χ3v) is 6.87. The van der Waals surface area contributed by atoms with Crippen LogP contribution in [0.1, 0.15) is 18.4 Å². The van der Waals surface area contributed by atoms with Crippen LogP contribution in [0.25, 0.3) is 10.8 Å². The van der Waals surface area contributed by atoms with Crippen LogP contribution in [-0.4, -0.2) is 28.2 Å². The molecule has 0 N–H and O–H groups in total. The van der Waals surface area contributed by atoms with E-state index in [-0.39, 0.29) is 12.4 Å². The van der Waals surface area contributed by atoms with Gasteiger partial charge in [0.1, 0.15) is 0 Å². The van der Waals surface area contributed by atoms with Gasteiger partial charge in [-0.25, -0.2) is 0 Å². The molecule has 0 atom stereocenters. The molecule has 0 spiro atoms. The van der Waals surface area contributed by atoms with E-state index in [1.807, 2.05) is 48.4 Å². The van der Waals surface area contributed by atoms with Gasteiger partial charge in [-0.15, -0.1) is 24.2 Å². The molecule has 0 unspecified atom stereocenters. The molecule has 1 aromatic heterocycles. The van der Waals surface area contributed by atoms with Crippen LogP contribution in [0.3, 0.4) is 0 Å². The first-order valence-corrected chi connectivity index (χ1v) is 10.5. The molecule has 0 amide bonds. The lowest BCUT2D eigenvalue weighted by atomic mass is 10.1. The van der Waals surface area contributed by atoms with Crippen LogP contribution in [0.15, 0.2) is 59.8 Å². The summed E-state index contributed by atoms with van der Waals surface area (Å²) in [6.07, 6.45) is 6.05. The number of benzene rings is 2. The summed E-state index contributed by atoms with van der Waals surface area (Å²) in [6, 6.07) is 14.4. The van der Waals surface area contributed by atoms with Gasteiger partial charge in [0, 0.05) is 39.5 Å². The van der Waals surface area contributed by atoms with Crippen molar-refractivity contribution >= 4 is 58.1 Å². The second-order valence-corrected chi connectivity index (χ2v) is 8.91. The zero-order valence-corrected chi connectivity index (χ0v) is 17.9. The van der Waals surface area contributed by atoms with Crippen molar-refractivity contribution in [1.82, 2.24) is 9.88 Å². The van der Waals surface area contributed by atoms with Gasteiger partial charge in [-0.3, -0.25) is 9.88 Å². The Balaban J connectivity index is 0.00000210. The minimum atomic E-state index is 0. The molecule has 142 valence electrons. The Hall–Kier alpha value is -0.970. The first-order chi connectivity index (χ1) is 12.7. The molecule has 4 rings (SSSR count). The predicted molar refractivity (Wildman–Crippen MR) is 120 cm³/mol. The Morgan fingerprint density at radius 2 is 1.85 bits per heavy atom. The smallest absolute Gasteiger partial charge is 0.0548 e. The first-order valence-electron chi connectivity index (χ1n) is 8.84. The van der Waals surface area contributed by atoms with E-state index >= 15 is 0 Å². The summed E-state index contributed by atoms with van der Waals surface area (Å²) in [5.74, 6) is 0. The molecule has 2 nitrogen and oxygen atoms in total. The van der Waals surface area contributed by atoms with Gasteiger partial charge >= 0.3 is 0 Å². The third-order valence-electron chi connectivity index (χ3n) is 4.81. The Kier molecular flexibility index (Phi) is 7.29. The van der Waals surface area contributed by atoms with Gasteiger partial charge in [-0.05, 0) is 67.2 Å². The van der Waals surface area contributed by atoms with Gasteiger partial charge in [0.05, 0.1) is 5.02 Å². The van der Waals surface area contributed by atoms with Gasteiger partial charge in [0.15, 0.2) is 0 Å². The quantitative estimate of drug-likeness (QED) is 0.449. The molecule has 0 saturated carbocycles. The van der Waals surface area contributed by atoms with E-state index in [2.05, 4.69) is 28.1 Å². The van der Waals surface area contributed by atoms with E-state index in [1.54, 1.807) is 0 Å². The van der Waals surface area contributed by atoms with Crippen LogP contribution >= 0.6 is 47.4 Å². The largest absolute Gasteiger partial charge is 0.299 e. The maximum atomic E-state index is 6.50. The molecule has 1 fully saturated rings. The minimum absolute atomic E-state index is 0. The maximum Gasteiger partial charge on any atom is 0.0548 e. The van der Waals surface area contributed by atoms with Crippen molar-refractivity contribution in [3.05, 3.63) is 70.5 Å². The van der Waals surface area contributed by atoms with Crippen molar-refractivity contribution in [3.63, 3.8) is 0 Å². The molecule has 3 aromatic rings. The molecule has 0 radical (unpaired) electrons. The van der Waals surface area contributed by atoms with Crippen molar-refractivity contribution < 1.29 is 0 Å². The lowest BCUT2D eigenvalue weighted by Crippen LogP contribution is -2.34. The van der Waals surface area contributed by atoms with Crippen molar-refractivity contribution in [1.29, 1.82) is 0 Å². The van der Waals surface area contributed by atoms with E-state index in [4.69, 9.17) is 23.2 Å². The molecule has 0 bridgehead atoms. The van der Waals surface area contributed by atoms with Crippen molar-refractivity contribution in [3.8, 4) is 0 Å².